The van der Waals surface area contributed by atoms with Crippen molar-refractivity contribution in [2.75, 3.05) is 5.32 Å². The molecule has 4 nitrogen and oxygen atoms in total. The summed E-state index contributed by atoms with van der Waals surface area (Å²) in [5, 5.41) is 5.42. The number of fused-ring (bicyclic) bond motifs is 1. The summed E-state index contributed by atoms with van der Waals surface area (Å²) in [6.07, 6.45) is -2.90. The van der Waals surface area contributed by atoms with E-state index in [1.807, 2.05) is 0 Å². The van der Waals surface area contributed by atoms with Gasteiger partial charge in [-0.15, -0.1) is 11.3 Å². The third-order valence-electron chi connectivity index (χ3n) is 4.08. The van der Waals surface area contributed by atoms with Crippen molar-refractivity contribution in [2.24, 2.45) is 0 Å². The standard InChI is InChI=1S/C19H12F3N3OS/c20-19(21,22)14-6-2-1-4-12(14)16-10-13-11(5-3-7-15(13)24-16)17(26)25-18-23-8-9-27-18/h1-10,24H,(H,23,25,26). The number of halogens is 3. The van der Waals surface area contributed by atoms with Gasteiger partial charge in [-0.1, -0.05) is 24.3 Å². The lowest BCUT2D eigenvalue weighted by Gasteiger charge is -2.11. The normalized spacial score (nSPS) is 11.7. The zero-order valence-electron chi connectivity index (χ0n) is 13.7. The average molecular weight is 387 g/mol. The smallest absolute Gasteiger partial charge is 0.354 e. The van der Waals surface area contributed by atoms with E-state index in [9.17, 15) is 18.0 Å². The molecule has 2 aromatic carbocycles. The Labute approximate surface area is 155 Å². The van der Waals surface area contributed by atoms with Crippen LogP contribution in [0.15, 0.2) is 60.1 Å². The zero-order valence-corrected chi connectivity index (χ0v) is 14.5. The fraction of sp³-hybridized carbons (Fsp3) is 0.0526. The minimum atomic E-state index is -4.47. The number of alkyl halides is 3. The number of anilines is 1. The van der Waals surface area contributed by atoms with Crippen LogP contribution < -0.4 is 5.32 Å². The molecule has 0 aliphatic rings. The lowest BCUT2D eigenvalue weighted by molar-refractivity contribution is -0.137. The first-order valence-corrected chi connectivity index (χ1v) is 8.80. The van der Waals surface area contributed by atoms with Crippen molar-refractivity contribution in [1.29, 1.82) is 0 Å². The molecule has 0 aliphatic carbocycles. The number of nitrogens with one attached hydrogen (secondary N) is 2. The molecule has 2 aromatic heterocycles. The highest BCUT2D eigenvalue weighted by Gasteiger charge is 2.33. The van der Waals surface area contributed by atoms with Crippen LogP contribution in [0.4, 0.5) is 18.3 Å². The molecule has 136 valence electrons. The molecule has 0 bridgehead atoms. The molecule has 8 heteroatoms. The van der Waals surface area contributed by atoms with E-state index < -0.39 is 11.7 Å². The van der Waals surface area contributed by atoms with Crippen LogP contribution in [0.5, 0.6) is 0 Å². The predicted molar refractivity (Wildman–Crippen MR) is 98.8 cm³/mol. The lowest BCUT2D eigenvalue weighted by Crippen LogP contribution is -2.11. The van der Waals surface area contributed by atoms with Gasteiger partial charge in [0.15, 0.2) is 5.13 Å². The Morgan fingerprint density at radius 2 is 1.93 bits per heavy atom. The minimum Gasteiger partial charge on any atom is -0.354 e. The van der Waals surface area contributed by atoms with Gasteiger partial charge in [0, 0.05) is 39.3 Å². The summed E-state index contributed by atoms with van der Waals surface area (Å²) in [4.78, 5) is 19.6. The van der Waals surface area contributed by atoms with Crippen LogP contribution in [0.25, 0.3) is 22.2 Å². The van der Waals surface area contributed by atoms with Crippen LogP contribution in [-0.4, -0.2) is 15.9 Å². The number of amides is 1. The summed E-state index contributed by atoms with van der Waals surface area (Å²) in [5.74, 6) is -0.370. The Balaban J connectivity index is 1.79. The Morgan fingerprint density at radius 1 is 1.11 bits per heavy atom. The number of carbonyl (C=O) groups excluding carboxylic acids is 1. The summed E-state index contributed by atoms with van der Waals surface area (Å²) in [6.45, 7) is 0. The molecule has 0 fully saturated rings. The average Bonchev–Trinajstić information content (AvgIpc) is 3.29. The lowest BCUT2D eigenvalue weighted by atomic mass is 10.0. The van der Waals surface area contributed by atoms with Gasteiger partial charge >= 0.3 is 6.18 Å². The van der Waals surface area contributed by atoms with E-state index in [0.29, 0.717) is 27.3 Å². The number of hydrogen-bond acceptors (Lipinski definition) is 3. The van der Waals surface area contributed by atoms with Crippen molar-refractivity contribution < 1.29 is 18.0 Å². The molecular weight excluding hydrogens is 375 g/mol. The van der Waals surface area contributed by atoms with Gasteiger partial charge in [-0.25, -0.2) is 4.98 Å². The molecule has 2 N–H and O–H groups in total. The summed E-state index contributed by atoms with van der Waals surface area (Å²) >= 11 is 1.28. The fourth-order valence-corrected chi connectivity index (χ4v) is 3.44. The summed E-state index contributed by atoms with van der Waals surface area (Å²) in [6, 6.07) is 11.9. The van der Waals surface area contributed by atoms with E-state index in [-0.39, 0.29) is 11.5 Å². The highest BCUT2D eigenvalue weighted by Crippen LogP contribution is 2.37. The van der Waals surface area contributed by atoms with Gasteiger partial charge in [0.05, 0.1) is 5.56 Å². The number of nitrogens with zero attached hydrogens (tertiary/aromatic N) is 1. The van der Waals surface area contributed by atoms with Gasteiger partial charge in [0.1, 0.15) is 0 Å². The van der Waals surface area contributed by atoms with Crippen LogP contribution in [0.2, 0.25) is 0 Å². The fourth-order valence-electron chi connectivity index (χ4n) is 2.91. The Morgan fingerprint density at radius 3 is 2.67 bits per heavy atom. The number of H-pyrrole nitrogens is 1. The molecule has 0 atom stereocenters. The molecule has 4 rings (SSSR count). The van der Waals surface area contributed by atoms with Crippen LogP contribution in [0, 0.1) is 0 Å². The molecule has 4 aromatic rings. The summed E-state index contributed by atoms with van der Waals surface area (Å²) in [5.41, 5.74) is 0.536. The number of benzene rings is 2. The second kappa shape index (κ2) is 6.55. The maximum Gasteiger partial charge on any atom is 0.417 e. The van der Waals surface area contributed by atoms with Gasteiger partial charge in [0.25, 0.3) is 5.91 Å². The second-order valence-corrected chi connectivity index (χ2v) is 6.68. The molecule has 2 heterocycles. The van der Waals surface area contributed by atoms with Crippen molar-refractivity contribution >= 4 is 33.3 Å². The van der Waals surface area contributed by atoms with Crippen molar-refractivity contribution in [2.45, 2.75) is 6.18 Å². The molecule has 0 saturated carbocycles. The summed E-state index contributed by atoms with van der Waals surface area (Å²) in [7, 11) is 0. The van der Waals surface area contributed by atoms with Crippen molar-refractivity contribution in [3.8, 4) is 11.3 Å². The highest BCUT2D eigenvalue weighted by molar-refractivity contribution is 7.13. The van der Waals surface area contributed by atoms with E-state index in [1.165, 1.54) is 23.5 Å². The third kappa shape index (κ3) is 3.31. The van der Waals surface area contributed by atoms with Gasteiger partial charge < -0.3 is 4.98 Å². The molecule has 27 heavy (non-hydrogen) atoms. The van der Waals surface area contributed by atoms with Crippen LogP contribution in [-0.2, 0) is 6.18 Å². The van der Waals surface area contributed by atoms with E-state index in [1.54, 1.807) is 41.9 Å². The first-order valence-electron chi connectivity index (χ1n) is 7.92. The van der Waals surface area contributed by atoms with E-state index >= 15 is 0 Å². The van der Waals surface area contributed by atoms with Gasteiger partial charge in [-0.05, 0) is 24.3 Å². The largest absolute Gasteiger partial charge is 0.417 e. The second-order valence-electron chi connectivity index (χ2n) is 5.78. The third-order valence-corrected chi connectivity index (χ3v) is 4.77. The first kappa shape index (κ1) is 17.3. The van der Waals surface area contributed by atoms with Crippen molar-refractivity contribution in [3.63, 3.8) is 0 Å². The SMILES string of the molecule is O=C(Nc1nccs1)c1cccc2[nH]c(-c3ccccc3C(F)(F)F)cc12. The number of aromatic amines is 1. The Hall–Kier alpha value is -3.13. The van der Waals surface area contributed by atoms with E-state index in [4.69, 9.17) is 0 Å². The zero-order chi connectivity index (χ0) is 19.0. The molecular formula is C19H12F3N3OS. The number of hydrogen-bond donors (Lipinski definition) is 2. The quantitative estimate of drug-likeness (QED) is 0.483. The highest BCUT2D eigenvalue weighted by atomic mass is 32.1. The van der Waals surface area contributed by atoms with E-state index in [0.717, 1.165) is 6.07 Å². The first-order chi connectivity index (χ1) is 12.9. The molecule has 0 spiro atoms. The topological polar surface area (TPSA) is 57.8 Å². The van der Waals surface area contributed by atoms with Crippen LogP contribution in [0.1, 0.15) is 15.9 Å². The molecule has 1 amide bonds. The van der Waals surface area contributed by atoms with E-state index in [2.05, 4.69) is 15.3 Å². The van der Waals surface area contributed by atoms with Crippen molar-refractivity contribution in [3.05, 3.63) is 71.2 Å². The minimum absolute atomic E-state index is 0.0347. The maximum atomic E-state index is 13.3. The predicted octanol–water partition coefficient (Wildman–Crippen LogP) is 5.56. The van der Waals surface area contributed by atoms with Crippen molar-refractivity contribution in [1.82, 2.24) is 9.97 Å². The molecule has 0 unspecified atom stereocenters. The monoisotopic (exact) mass is 387 g/mol. The molecule has 0 aliphatic heterocycles. The number of rotatable bonds is 3. The van der Waals surface area contributed by atoms with Crippen LogP contribution in [0.3, 0.4) is 0 Å². The number of thiazole rings is 1. The van der Waals surface area contributed by atoms with Gasteiger partial charge in [-0.3, -0.25) is 10.1 Å². The number of aromatic nitrogens is 2. The van der Waals surface area contributed by atoms with Gasteiger partial charge in [-0.2, -0.15) is 13.2 Å². The molecule has 0 saturated heterocycles. The Bertz CT molecular complexity index is 1120. The van der Waals surface area contributed by atoms with Gasteiger partial charge in [0.2, 0.25) is 0 Å². The summed E-state index contributed by atoms with van der Waals surface area (Å²) < 4.78 is 40.0. The maximum absolute atomic E-state index is 13.3. The molecule has 0 radical (unpaired) electrons. The number of carbonyl (C=O) groups is 1. The van der Waals surface area contributed by atoms with Crippen LogP contribution >= 0.6 is 11.3 Å². The Kier molecular flexibility index (Phi) is 4.19.